The molecule has 0 N–H and O–H groups in total. The molecule has 0 aliphatic carbocycles. The summed E-state index contributed by atoms with van der Waals surface area (Å²) < 4.78 is 6.00. The van der Waals surface area contributed by atoms with Crippen LogP contribution in [0.2, 0.25) is 13.1 Å². The van der Waals surface area contributed by atoms with Gasteiger partial charge in [0.2, 0.25) is 9.04 Å². The molecule has 0 spiro atoms. The Balaban J connectivity index is 0.00000208. The second-order valence-electron chi connectivity index (χ2n) is 5.34. The molecular formula is C16H18N5OSi+. The largest absolute Gasteiger partial charge is 1.00 e. The van der Waals surface area contributed by atoms with Gasteiger partial charge in [0, 0.05) is 12.4 Å². The highest BCUT2D eigenvalue weighted by atomic mass is 28.3. The van der Waals surface area contributed by atoms with E-state index in [2.05, 4.69) is 38.0 Å². The number of hydrogen-bond donors (Lipinski definition) is 0. The number of fused-ring (bicyclic) bond motifs is 1. The summed E-state index contributed by atoms with van der Waals surface area (Å²) in [6.07, 6.45) is 6.49. The number of aryl methyl sites for hydroxylation is 1. The van der Waals surface area contributed by atoms with Crippen molar-refractivity contribution < 1.29 is 5.85 Å². The molecule has 0 saturated heterocycles. The van der Waals surface area contributed by atoms with Gasteiger partial charge < -0.3 is 4.43 Å². The van der Waals surface area contributed by atoms with Gasteiger partial charge in [-0.2, -0.15) is 0 Å². The molecule has 23 heavy (non-hydrogen) atoms. The summed E-state index contributed by atoms with van der Waals surface area (Å²) in [4.78, 5) is 21.4. The van der Waals surface area contributed by atoms with Crippen LogP contribution < -0.4 is 4.43 Å². The molecule has 0 radical (unpaired) electrons. The van der Waals surface area contributed by atoms with Crippen LogP contribution in [0.1, 0.15) is 12.8 Å². The van der Waals surface area contributed by atoms with Crippen molar-refractivity contribution in [3.05, 3.63) is 48.2 Å². The summed E-state index contributed by atoms with van der Waals surface area (Å²) >= 11 is 0. The molecule has 1 aromatic carbocycles. The van der Waals surface area contributed by atoms with E-state index in [0.29, 0.717) is 17.0 Å². The summed E-state index contributed by atoms with van der Waals surface area (Å²) in [6, 6.07) is 5.91. The van der Waals surface area contributed by atoms with Crippen molar-refractivity contribution in [1.82, 2.24) is 19.9 Å². The quantitative estimate of drug-likeness (QED) is 0.545. The summed E-state index contributed by atoms with van der Waals surface area (Å²) in [5.41, 5.74) is 3.08. The van der Waals surface area contributed by atoms with Crippen molar-refractivity contribution in [3.8, 4) is 5.75 Å². The van der Waals surface area contributed by atoms with Crippen molar-refractivity contribution >= 4 is 32.1 Å². The second kappa shape index (κ2) is 6.61. The van der Waals surface area contributed by atoms with Crippen LogP contribution >= 0.6 is 0 Å². The van der Waals surface area contributed by atoms with E-state index in [-0.39, 0.29) is 1.43 Å². The molecule has 0 atom stereocenters. The molecular weight excluding hydrogens is 306 g/mol. The van der Waals surface area contributed by atoms with Crippen molar-refractivity contribution in [1.29, 1.82) is 0 Å². The molecule has 0 fully saturated rings. The number of aliphatic imine (C=N–C) groups is 1. The fourth-order valence-corrected chi connectivity index (χ4v) is 2.88. The maximum Gasteiger partial charge on any atom is 1.00 e. The molecule has 2 heterocycles. The van der Waals surface area contributed by atoms with E-state index in [1.165, 1.54) is 0 Å². The maximum absolute atomic E-state index is 6.00. The van der Waals surface area contributed by atoms with Crippen LogP contribution in [0.5, 0.6) is 5.75 Å². The van der Waals surface area contributed by atoms with Gasteiger partial charge in [0.15, 0.2) is 11.5 Å². The van der Waals surface area contributed by atoms with Crippen LogP contribution in [-0.4, -0.2) is 35.2 Å². The molecule has 0 unspecified atom stereocenters. The van der Waals surface area contributed by atoms with Gasteiger partial charge in [-0.15, -0.1) is 0 Å². The zero-order valence-corrected chi connectivity index (χ0v) is 14.4. The Bertz CT molecular complexity index is 872. The highest BCUT2D eigenvalue weighted by Crippen LogP contribution is 2.31. The lowest BCUT2D eigenvalue weighted by Crippen LogP contribution is -2.12. The van der Waals surface area contributed by atoms with Gasteiger partial charge in [0.25, 0.3) is 0 Å². The molecule has 116 valence electrons. The molecule has 7 heteroatoms. The standard InChI is InChI=1S/C16H17N5OSi/c1-11-5-4-6-12(15(11)22-23(2)3)19-10-14-20-9-13-16(21-14)18-8-7-17-13/h4-10,23H,1-3H3/p+1. The molecule has 0 amide bonds. The SMILES string of the molecule is Cc1cccc(N=Cc2ncc3nccnc3n2)c1O[SiH](C)C.[H+]. The van der Waals surface area contributed by atoms with Gasteiger partial charge in [-0.3, -0.25) is 0 Å². The van der Waals surface area contributed by atoms with E-state index >= 15 is 0 Å². The maximum atomic E-state index is 6.00. The smallest absolute Gasteiger partial charge is 0.545 e. The van der Waals surface area contributed by atoms with Crippen molar-refractivity contribution in [2.24, 2.45) is 4.99 Å². The lowest BCUT2D eigenvalue weighted by atomic mass is 10.2. The lowest BCUT2D eigenvalue weighted by Gasteiger charge is -2.14. The third-order valence-corrected chi connectivity index (χ3v) is 3.82. The van der Waals surface area contributed by atoms with Crippen LogP contribution in [-0.2, 0) is 0 Å². The van der Waals surface area contributed by atoms with Gasteiger partial charge in [0.05, 0.1) is 12.4 Å². The zero-order valence-electron chi connectivity index (χ0n) is 14.3. The minimum Gasteiger partial charge on any atom is -0.545 e. The van der Waals surface area contributed by atoms with E-state index in [0.717, 1.165) is 17.0 Å². The third-order valence-electron chi connectivity index (χ3n) is 3.11. The highest BCUT2D eigenvalue weighted by Gasteiger charge is 2.08. The van der Waals surface area contributed by atoms with Gasteiger partial charge in [-0.05, 0) is 31.6 Å². The predicted octanol–water partition coefficient (Wildman–Crippen LogP) is 2.95. The van der Waals surface area contributed by atoms with E-state index in [1.54, 1.807) is 24.8 Å². The molecule has 0 aliphatic heterocycles. The van der Waals surface area contributed by atoms with E-state index in [9.17, 15) is 0 Å². The van der Waals surface area contributed by atoms with Crippen LogP contribution in [0, 0.1) is 6.92 Å². The first-order valence-electron chi connectivity index (χ1n) is 7.37. The molecule has 2 aromatic heterocycles. The highest BCUT2D eigenvalue weighted by molar-refractivity contribution is 6.49. The molecule has 0 bridgehead atoms. The minimum atomic E-state index is -1.21. The molecule has 0 aliphatic rings. The van der Waals surface area contributed by atoms with Gasteiger partial charge >= 0.3 is 1.43 Å². The average Bonchev–Trinajstić information content (AvgIpc) is 2.55. The van der Waals surface area contributed by atoms with Crippen LogP contribution in [0.25, 0.3) is 11.2 Å². The Kier molecular flexibility index (Phi) is 4.38. The Morgan fingerprint density at radius 2 is 2.00 bits per heavy atom. The van der Waals surface area contributed by atoms with Gasteiger partial charge in [0.1, 0.15) is 17.0 Å². The Hall–Kier alpha value is -2.67. The summed E-state index contributed by atoms with van der Waals surface area (Å²) in [6.45, 7) is 6.28. The average molecular weight is 324 g/mol. The molecule has 3 aromatic rings. The van der Waals surface area contributed by atoms with Crippen molar-refractivity contribution in [3.63, 3.8) is 0 Å². The first-order chi connectivity index (χ1) is 11.1. The number of benzene rings is 1. The summed E-state index contributed by atoms with van der Waals surface area (Å²) in [5.74, 6) is 1.33. The van der Waals surface area contributed by atoms with Gasteiger partial charge in [-0.1, -0.05) is 12.1 Å². The second-order valence-corrected chi connectivity index (χ2v) is 7.67. The predicted molar refractivity (Wildman–Crippen MR) is 94.2 cm³/mol. The van der Waals surface area contributed by atoms with Crippen molar-refractivity contribution in [2.45, 2.75) is 20.0 Å². The van der Waals surface area contributed by atoms with E-state index < -0.39 is 9.04 Å². The third kappa shape index (κ3) is 3.57. The van der Waals surface area contributed by atoms with Crippen molar-refractivity contribution in [2.75, 3.05) is 0 Å². The van der Waals surface area contributed by atoms with E-state index in [4.69, 9.17) is 4.43 Å². The zero-order chi connectivity index (χ0) is 16.2. The van der Waals surface area contributed by atoms with E-state index in [1.807, 2.05) is 25.1 Å². The normalized spacial score (nSPS) is 11.5. The number of hydrogen-bond acceptors (Lipinski definition) is 6. The molecule has 3 rings (SSSR count). The number of nitrogens with zero attached hydrogens (tertiary/aromatic N) is 5. The fourth-order valence-electron chi connectivity index (χ4n) is 2.10. The first kappa shape index (κ1) is 15.2. The van der Waals surface area contributed by atoms with Crippen LogP contribution in [0.3, 0.4) is 0 Å². The summed E-state index contributed by atoms with van der Waals surface area (Å²) in [7, 11) is -1.21. The van der Waals surface area contributed by atoms with Gasteiger partial charge in [-0.25, -0.2) is 24.9 Å². The number of aromatic nitrogens is 4. The first-order valence-corrected chi connectivity index (χ1v) is 10.2. The number of rotatable bonds is 4. The minimum absolute atomic E-state index is 0. The molecule has 6 nitrogen and oxygen atoms in total. The Morgan fingerprint density at radius 3 is 2.83 bits per heavy atom. The Labute approximate surface area is 137 Å². The molecule has 0 saturated carbocycles. The monoisotopic (exact) mass is 324 g/mol. The van der Waals surface area contributed by atoms with Crippen LogP contribution in [0.15, 0.2) is 41.8 Å². The number of para-hydroxylation sites is 1. The van der Waals surface area contributed by atoms with Crippen LogP contribution in [0.4, 0.5) is 5.69 Å². The lowest BCUT2D eigenvalue weighted by molar-refractivity contribution is 0.577. The fraction of sp³-hybridized carbons (Fsp3) is 0.188. The topological polar surface area (TPSA) is 73.2 Å². The Morgan fingerprint density at radius 1 is 1.17 bits per heavy atom. The summed E-state index contributed by atoms with van der Waals surface area (Å²) in [5, 5.41) is 0.